The number of hydrogen-bond donors (Lipinski definition) is 0. The molecule has 1 heterocycles. The zero-order chi connectivity index (χ0) is 14.8. The highest BCUT2D eigenvalue weighted by molar-refractivity contribution is 9.10. The summed E-state index contributed by atoms with van der Waals surface area (Å²) in [4.78, 5) is 24.2. The molecule has 5 heteroatoms. The molecule has 21 heavy (non-hydrogen) atoms. The van der Waals surface area contributed by atoms with Gasteiger partial charge in [0.15, 0.2) is 0 Å². The van der Waals surface area contributed by atoms with Crippen LogP contribution in [0.3, 0.4) is 0 Å². The Morgan fingerprint density at radius 3 is 2.67 bits per heavy atom. The van der Waals surface area contributed by atoms with Gasteiger partial charge in [0, 0.05) is 10.9 Å². The molecule has 0 saturated heterocycles. The smallest absolute Gasteiger partial charge is 0.274 e. The van der Waals surface area contributed by atoms with Crippen molar-refractivity contribution >= 4 is 43.4 Å². The third-order valence-electron chi connectivity index (χ3n) is 3.26. The lowest BCUT2D eigenvalue weighted by Gasteiger charge is -2.03. The molecule has 0 aliphatic carbocycles. The van der Waals surface area contributed by atoms with Crippen molar-refractivity contribution in [2.24, 2.45) is 0 Å². The first-order valence-electron chi connectivity index (χ1n) is 6.53. The first kappa shape index (κ1) is 14.2. The fourth-order valence-electron chi connectivity index (χ4n) is 2.24. The second kappa shape index (κ2) is 5.95. The lowest BCUT2D eigenvalue weighted by molar-refractivity contribution is 0.0906. The predicted octanol–water partition coefficient (Wildman–Crippen LogP) is 4.10. The summed E-state index contributed by atoms with van der Waals surface area (Å²) in [6, 6.07) is 15.3. The minimum atomic E-state index is -0.221. The molecule has 0 unspecified atom stereocenters. The van der Waals surface area contributed by atoms with Gasteiger partial charge >= 0.3 is 4.87 Å². The van der Waals surface area contributed by atoms with Gasteiger partial charge < -0.3 is 0 Å². The molecular weight excluding hydrogens is 350 g/mol. The van der Waals surface area contributed by atoms with Crippen molar-refractivity contribution in [3.63, 3.8) is 0 Å². The number of fused-ring (bicyclic) bond motifs is 1. The Balaban J connectivity index is 1.88. The Hall–Kier alpha value is -1.72. The molecular formula is C16H12BrNO2S. The van der Waals surface area contributed by atoms with Crippen molar-refractivity contribution in [3.8, 4) is 0 Å². The molecule has 0 aliphatic rings. The normalized spacial score (nSPS) is 10.9. The van der Waals surface area contributed by atoms with E-state index in [9.17, 15) is 9.59 Å². The molecule has 0 N–H and O–H groups in total. The van der Waals surface area contributed by atoms with Crippen LogP contribution in [0.15, 0.2) is 57.8 Å². The number of carbonyl (C=O) groups excluding carboxylic acids is 1. The third kappa shape index (κ3) is 2.99. The number of hydrogen-bond acceptors (Lipinski definition) is 3. The first-order valence-corrected chi connectivity index (χ1v) is 8.14. The van der Waals surface area contributed by atoms with E-state index in [-0.39, 0.29) is 10.8 Å². The van der Waals surface area contributed by atoms with Gasteiger partial charge in [-0.1, -0.05) is 57.6 Å². The lowest BCUT2D eigenvalue weighted by atomic mass is 10.1. The molecule has 3 rings (SSSR count). The fourth-order valence-corrected chi connectivity index (χ4v) is 3.68. The van der Waals surface area contributed by atoms with Crippen LogP contribution in [0.2, 0.25) is 0 Å². The number of carbonyl (C=O) groups is 1. The molecule has 0 spiro atoms. The summed E-state index contributed by atoms with van der Waals surface area (Å²) in [6.07, 6.45) is 0.964. The predicted molar refractivity (Wildman–Crippen MR) is 89.2 cm³/mol. The van der Waals surface area contributed by atoms with Crippen LogP contribution in [0.5, 0.6) is 0 Å². The number of aryl methyl sites for hydroxylation is 1. The molecule has 0 saturated carbocycles. The second-order valence-electron chi connectivity index (χ2n) is 4.69. The molecule has 106 valence electrons. The highest BCUT2D eigenvalue weighted by Gasteiger charge is 2.14. The van der Waals surface area contributed by atoms with Crippen LogP contribution in [0, 0.1) is 0 Å². The average molecular weight is 362 g/mol. The van der Waals surface area contributed by atoms with E-state index < -0.39 is 0 Å². The Bertz CT molecular complexity index is 852. The van der Waals surface area contributed by atoms with Crippen molar-refractivity contribution in [1.29, 1.82) is 0 Å². The molecule has 1 aromatic heterocycles. The van der Waals surface area contributed by atoms with Crippen LogP contribution in [-0.2, 0) is 6.42 Å². The highest BCUT2D eigenvalue weighted by atomic mass is 79.9. The summed E-state index contributed by atoms with van der Waals surface area (Å²) in [5.41, 5.74) is 1.78. The van der Waals surface area contributed by atoms with E-state index in [0.717, 1.165) is 26.1 Å². The largest absolute Gasteiger partial charge is 0.314 e. The number of aromatic nitrogens is 1. The Morgan fingerprint density at radius 2 is 1.90 bits per heavy atom. The molecule has 3 aromatic rings. The van der Waals surface area contributed by atoms with Gasteiger partial charge in [0.05, 0.1) is 10.2 Å². The zero-order valence-electron chi connectivity index (χ0n) is 11.1. The molecule has 0 atom stereocenters. The van der Waals surface area contributed by atoms with Crippen LogP contribution >= 0.6 is 27.3 Å². The lowest BCUT2D eigenvalue weighted by Crippen LogP contribution is -2.21. The number of rotatable bonds is 3. The highest BCUT2D eigenvalue weighted by Crippen LogP contribution is 2.22. The van der Waals surface area contributed by atoms with Crippen molar-refractivity contribution in [3.05, 3.63) is 68.2 Å². The second-order valence-corrected chi connectivity index (χ2v) is 6.60. The van der Waals surface area contributed by atoms with Crippen molar-refractivity contribution in [1.82, 2.24) is 4.57 Å². The van der Waals surface area contributed by atoms with E-state index in [2.05, 4.69) is 15.9 Å². The maximum absolute atomic E-state index is 12.4. The van der Waals surface area contributed by atoms with E-state index in [0.29, 0.717) is 18.4 Å². The molecule has 0 amide bonds. The maximum Gasteiger partial charge on any atom is 0.314 e. The van der Waals surface area contributed by atoms with Gasteiger partial charge in [-0.25, -0.2) is 4.57 Å². The van der Waals surface area contributed by atoms with Crippen LogP contribution in [0.25, 0.3) is 10.2 Å². The van der Waals surface area contributed by atoms with Gasteiger partial charge in [-0.3, -0.25) is 9.59 Å². The van der Waals surface area contributed by atoms with Gasteiger partial charge in [-0.15, -0.1) is 0 Å². The summed E-state index contributed by atoms with van der Waals surface area (Å²) < 4.78 is 3.01. The number of benzene rings is 2. The minimum Gasteiger partial charge on any atom is -0.274 e. The van der Waals surface area contributed by atoms with Gasteiger partial charge in [-0.2, -0.15) is 0 Å². The molecule has 0 aliphatic heterocycles. The van der Waals surface area contributed by atoms with E-state index >= 15 is 0 Å². The zero-order valence-corrected chi connectivity index (χ0v) is 13.5. The van der Waals surface area contributed by atoms with Gasteiger partial charge in [-0.05, 0) is 30.2 Å². The Labute approximate surface area is 134 Å². The Kier molecular flexibility index (Phi) is 4.03. The molecule has 2 aromatic carbocycles. The van der Waals surface area contributed by atoms with Crippen LogP contribution in [0.1, 0.15) is 16.8 Å². The first-order chi connectivity index (χ1) is 10.1. The molecule has 3 nitrogen and oxygen atoms in total. The average Bonchev–Trinajstić information content (AvgIpc) is 2.81. The standard InChI is InChI=1S/C16H12BrNO2S/c17-12-7-8-13-14(10-12)21-16(20)18(13)15(19)9-6-11-4-2-1-3-5-11/h1-5,7-8,10H,6,9H2. The number of thiazole rings is 1. The third-order valence-corrected chi connectivity index (χ3v) is 4.66. The van der Waals surface area contributed by atoms with Crippen LogP contribution in [0.4, 0.5) is 0 Å². The van der Waals surface area contributed by atoms with Gasteiger partial charge in [0.2, 0.25) is 5.91 Å². The SMILES string of the molecule is O=C(CCc1ccccc1)n1c(=O)sc2cc(Br)ccc21. The molecule has 0 fully saturated rings. The summed E-state index contributed by atoms with van der Waals surface area (Å²) in [5, 5.41) is 0. The van der Waals surface area contributed by atoms with Crippen LogP contribution in [-0.4, -0.2) is 10.5 Å². The number of halogens is 1. The van der Waals surface area contributed by atoms with Crippen LogP contribution < -0.4 is 4.87 Å². The minimum absolute atomic E-state index is 0.155. The maximum atomic E-state index is 12.4. The van der Waals surface area contributed by atoms with Gasteiger partial charge in [0.25, 0.3) is 0 Å². The summed E-state index contributed by atoms with van der Waals surface area (Å²) in [7, 11) is 0. The van der Waals surface area contributed by atoms with Crippen molar-refractivity contribution in [2.45, 2.75) is 12.8 Å². The molecule has 0 bridgehead atoms. The molecule has 0 radical (unpaired) electrons. The van der Waals surface area contributed by atoms with E-state index in [1.165, 1.54) is 4.57 Å². The monoisotopic (exact) mass is 361 g/mol. The Morgan fingerprint density at radius 1 is 1.14 bits per heavy atom. The summed E-state index contributed by atoms with van der Waals surface area (Å²) in [5.74, 6) is -0.155. The fraction of sp³-hybridized carbons (Fsp3) is 0.125. The van der Waals surface area contributed by atoms with E-state index in [4.69, 9.17) is 0 Å². The quantitative estimate of drug-likeness (QED) is 0.704. The topological polar surface area (TPSA) is 39.1 Å². The van der Waals surface area contributed by atoms with E-state index in [1.807, 2.05) is 42.5 Å². The summed E-state index contributed by atoms with van der Waals surface area (Å²) in [6.45, 7) is 0. The van der Waals surface area contributed by atoms with E-state index in [1.54, 1.807) is 6.07 Å². The number of nitrogens with zero attached hydrogens (tertiary/aromatic N) is 1. The van der Waals surface area contributed by atoms with Crippen molar-refractivity contribution < 1.29 is 4.79 Å². The van der Waals surface area contributed by atoms with Gasteiger partial charge in [0.1, 0.15) is 0 Å². The summed E-state index contributed by atoms with van der Waals surface area (Å²) >= 11 is 4.47. The van der Waals surface area contributed by atoms with Crippen molar-refractivity contribution in [2.75, 3.05) is 0 Å².